The SMILES string of the molecule is COc1cccc(C(=O)c2c(NC(=S)N(N)Cc3cccnc3)sc(C)c2C)c1. The second kappa shape index (κ2) is 9.13. The van der Waals surface area contributed by atoms with Gasteiger partial charge in [0.15, 0.2) is 10.9 Å². The number of pyridine rings is 1. The maximum Gasteiger partial charge on any atom is 0.196 e. The number of nitrogens with zero attached hydrogens (tertiary/aromatic N) is 2. The van der Waals surface area contributed by atoms with E-state index in [0.717, 1.165) is 16.0 Å². The van der Waals surface area contributed by atoms with Gasteiger partial charge in [-0.2, -0.15) is 0 Å². The van der Waals surface area contributed by atoms with Gasteiger partial charge >= 0.3 is 0 Å². The van der Waals surface area contributed by atoms with E-state index >= 15 is 0 Å². The number of thiophene rings is 1. The Hall–Kier alpha value is -2.81. The van der Waals surface area contributed by atoms with Gasteiger partial charge in [-0.25, -0.2) is 5.84 Å². The van der Waals surface area contributed by atoms with E-state index in [-0.39, 0.29) is 5.78 Å². The fourth-order valence-corrected chi connectivity index (χ4v) is 4.11. The largest absolute Gasteiger partial charge is 0.497 e. The van der Waals surface area contributed by atoms with Crippen LogP contribution in [0.15, 0.2) is 48.8 Å². The number of anilines is 1. The molecule has 0 spiro atoms. The number of nitrogens with two attached hydrogens (primary N) is 1. The number of carbonyl (C=O) groups excluding carboxylic acids is 1. The van der Waals surface area contributed by atoms with Crippen LogP contribution in [0.4, 0.5) is 5.00 Å². The van der Waals surface area contributed by atoms with E-state index in [1.165, 1.54) is 16.3 Å². The molecule has 3 aromatic rings. The minimum atomic E-state index is -0.0909. The van der Waals surface area contributed by atoms with Crippen LogP contribution in [-0.2, 0) is 6.54 Å². The molecule has 2 heterocycles. The number of nitrogens with one attached hydrogen (secondary N) is 1. The normalized spacial score (nSPS) is 10.5. The third-order valence-corrected chi connectivity index (χ3v) is 5.96. The molecule has 0 amide bonds. The molecule has 0 bridgehead atoms. The lowest BCUT2D eigenvalue weighted by atomic mass is 10.0. The molecule has 0 fully saturated rings. The van der Waals surface area contributed by atoms with Crippen molar-refractivity contribution in [2.45, 2.75) is 20.4 Å². The van der Waals surface area contributed by atoms with E-state index in [9.17, 15) is 4.79 Å². The van der Waals surface area contributed by atoms with Crippen LogP contribution >= 0.6 is 23.6 Å². The van der Waals surface area contributed by atoms with E-state index in [1.54, 1.807) is 37.7 Å². The second-order valence-corrected chi connectivity index (χ2v) is 8.08. The highest BCUT2D eigenvalue weighted by molar-refractivity contribution is 7.80. The van der Waals surface area contributed by atoms with Crippen molar-refractivity contribution in [2.24, 2.45) is 5.84 Å². The standard InChI is InChI=1S/C21H22N4O2S2/c1-13-14(2)29-20(18(13)19(26)16-7-4-8-17(10-16)27-3)24-21(28)25(22)12-15-6-5-9-23-11-15/h4-11H,12,22H2,1-3H3,(H,24,28). The number of hydrogen-bond acceptors (Lipinski definition) is 6. The number of benzene rings is 1. The fraction of sp³-hybridized carbons (Fsp3) is 0.190. The fourth-order valence-electron chi connectivity index (χ4n) is 2.83. The molecule has 8 heteroatoms. The molecule has 29 heavy (non-hydrogen) atoms. The molecule has 6 nitrogen and oxygen atoms in total. The molecular weight excluding hydrogens is 404 g/mol. The molecule has 3 N–H and O–H groups in total. The van der Waals surface area contributed by atoms with Crippen molar-refractivity contribution in [2.75, 3.05) is 12.4 Å². The van der Waals surface area contributed by atoms with Crippen molar-refractivity contribution in [1.82, 2.24) is 9.99 Å². The summed E-state index contributed by atoms with van der Waals surface area (Å²) in [6.07, 6.45) is 3.44. The second-order valence-electron chi connectivity index (χ2n) is 6.47. The van der Waals surface area contributed by atoms with E-state index in [0.29, 0.717) is 33.5 Å². The van der Waals surface area contributed by atoms with Gasteiger partial charge in [0.25, 0.3) is 0 Å². The lowest BCUT2D eigenvalue weighted by Gasteiger charge is -2.20. The summed E-state index contributed by atoms with van der Waals surface area (Å²) in [6.45, 7) is 4.32. The Morgan fingerprint density at radius 1 is 1.31 bits per heavy atom. The minimum Gasteiger partial charge on any atom is -0.497 e. The minimum absolute atomic E-state index is 0.0909. The smallest absolute Gasteiger partial charge is 0.196 e. The van der Waals surface area contributed by atoms with Gasteiger partial charge in [-0.1, -0.05) is 18.2 Å². The summed E-state index contributed by atoms with van der Waals surface area (Å²) < 4.78 is 5.24. The number of rotatable bonds is 6. The predicted molar refractivity (Wildman–Crippen MR) is 120 cm³/mol. The number of aromatic nitrogens is 1. The molecular formula is C21H22N4O2S2. The lowest BCUT2D eigenvalue weighted by Crippen LogP contribution is -2.39. The first-order valence-corrected chi connectivity index (χ1v) is 10.1. The first-order chi connectivity index (χ1) is 13.9. The number of hydrogen-bond donors (Lipinski definition) is 2. The summed E-state index contributed by atoms with van der Waals surface area (Å²) in [6, 6.07) is 10.9. The Labute approximate surface area is 179 Å². The Morgan fingerprint density at radius 3 is 2.79 bits per heavy atom. The number of hydrazine groups is 1. The predicted octanol–water partition coefficient (Wildman–Crippen LogP) is 4.07. The third-order valence-electron chi connectivity index (χ3n) is 4.50. The average Bonchev–Trinajstić information content (AvgIpc) is 3.01. The summed E-state index contributed by atoms with van der Waals surface area (Å²) in [5, 5.41) is 5.59. The Kier molecular flexibility index (Phi) is 6.58. The van der Waals surface area contributed by atoms with Crippen molar-refractivity contribution in [1.29, 1.82) is 0 Å². The van der Waals surface area contributed by atoms with E-state index < -0.39 is 0 Å². The van der Waals surface area contributed by atoms with Gasteiger partial charge in [-0.05, 0) is 55.4 Å². The topological polar surface area (TPSA) is 80.5 Å². The van der Waals surface area contributed by atoms with Crippen LogP contribution in [0.25, 0.3) is 0 Å². The van der Waals surface area contributed by atoms with E-state index in [1.807, 2.05) is 32.0 Å². The summed E-state index contributed by atoms with van der Waals surface area (Å²) in [5.41, 5.74) is 3.01. The number of aryl methyl sites for hydroxylation is 1. The van der Waals surface area contributed by atoms with E-state index in [4.69, 9.17) is 22.8 Å². The van der Waals surface area contributed by atoms with Crippen molar-refractivity contribution >= 4 is 39.5 Å². The van der Waals surface area contributed by atoms with Gasteiger partial charge in [-0.15, -0.1) is 11.3 Å². The van der Waals surface area contributed by atoms with Crippen molar-refractivity contribution in [3.8, 4) is 5.75 Å². The molecule has 0 aliphatic heterocycles. The highest BCUT2D eigenvalue weighted by Gasteiger charge is 2.22. The Balaban J connectivity index is 1.84. The molecule has 3 rings (SSSR count). The maximum atomic E-state index is 13.2. The summed E-state index contributed by atoms with van der Waals surface area (Å²) in [7, 11) is 1.58. The molecule has 2 aromatic heterocycles. The summed E-state index contributed by atoms with van der Waals surface area (Å²) in [5.74, 6) is 6.67. The molecule has 0 atom stereocenters. The van der Waals surface area contributed by atoms with Gasteiger partial charge < -0.3 is 10.1 Å². The highest BCUT2D eigenvalue weighted by Crippen LogP contribution is 2.34. The van der Waals surface area contributed by atoms with Crippen LogP contribution in [-0.4, -0.2) is 28.0 Å². The summed E-state index contributed by atoms with van der Waals surface area (Å²) in [4.78, 5) is 18.3. The molecule has 0 radical (unpaired) electrons. The zero-order chi connectivity index (χ0) is 21.0. The number of ether oxygens (including phenoxy) is 1. The lowest BCUT2D eigenvalue weighted by molar-refractivity contribution is 0.103. The van der Waals surface area contributed by atoms with Crippen LogP contribution in [0.2, 0.25) is 0 Å². The van der Waals surface area contributed by atoms with Gasteiger partial charge in [0.2, 0.25) is 0 Å². The third kappa shape index (κ3) is 4.79. The molecule has 0 saturated carbocycles. The van der Waals surface area contributed by atoms with Gasteiger partial charge in [0.1, 0.15) is 10.8 Å². The molecule has 0 aliphatic carbocycles. The van der Waals surface area contributed by atoms with Crippen LogP contribution in [0.3, 0.4) is 0 Å². The first-order valence-electron chi connectivity index (χ1n) is 8.91. The highest BCUT2D eigenvalue weighted by atomic mass is 32.1. The van der Waals surface area contributed by atoms with Gasteiger partial charge in [0.05, 0.1) is 19.2 Å². The van der Waals surface area contributed by atoms with Crippen LogP contribution < -0.4 is 15.9 Å². The Bertz CT molecular complexity index is 1030. The number of ketones is 1. The number of thiocarbonyl (C=S) groups is 1. The quantitative estimate of drug-likeness (QED) is 0.266. The van der Waals surface area contributed by atoms with Crippen LogP contribution in [0.1, 0.15) is 31.9 Å². The van der Waals surface area contributed by atoms with Crippen molar-refractivity contribution in [3.63, 3.8) is 0 Å². The monoisotopic (exact) mass is 426 g/mol. The Morgan fingerprint density at radius 2 is 2.10 bits per heavy atom. The van der Waals surface area contributed by atoms with E-state index in [2.05, 4.69) is 10.3 Å². The molecule has 0 unspecified atom stereocenters. The first kappa shape index (κ1) is 20.9. The number of methoxy groups -OCH3 is 1. The van der Waals surface area contributed by atoms with Gasteiger partial charge in [-0.3, -0.25) is 14.8 Å². The maximum absolute atomic E-state index is 13.2. The molecule has 150 valence electrons. The van der Waals surface area contributed by atoms with Crippen LogP contribution in [0, 0.1) is 13.8 Å². The van der Waals surface area contributed by atoms with Crippen molar-refractivity contribution in [3.05, 3.63) is 75.9 Å². The zero-order valence-electron chi connectivity index (χ0n) is 16.4. The summed E-state index contributed by atoms with van der Waals surface area (Å²) >= 11 is 6.94. The zero-order valence-corrected chi connectivity index (χ0v) is 18.1. The van der Waals surface area contributed by atoms with Crippen LogP contribution in [0.5, 0.6) is 5.75 Å². The van der Waals surface area contributed by atoms with Gasteiger partial charge in [0, 0.05) is 22.8 Å². The molecule has 0 aliphatic rings. The molecule has 1 aromatic carbocycles. The molecule has 0 saturated heterocycles. The van der Waals surface area contributed by atoms with Crippen molar-refractivity contribution < 1.29 is 9.53 Å². The number of carbonyl (C=O) groups is 1. The average molecular weight is 427 g/mol.